The summed E-state index contributed by atoms with van der Waals surface area (Å²) in [5.41, 5.74) is 0. The van der Waals surface area contributed by atoms with E-state index >= 15 is 0 Å². The van der Waals surface area contributed by atoms with Crippen molar-refractivity contribution in [3.63, 3.8) is 0 Å². The third-order valence-electron chi connectivity index (χ3n) is 3.88. The molecule has 11 heteroatoms. The van der Waals surface area contributed by atoms with Gasteiger partial charge in [0.05, 0.1) is 11.4 Å². The number of benzene rings is 1. The fourth-order valence-electron chi connectivity index (χ4n) is 2.45. The van der Waals surface area contributed by atoms with Crippen LogP contribution in [0.15, 0.2) is 29.2 Å². The first kappa shape index (κ1) is 19.0. The largest absolute Gasteiger partial charge is 0.349 e. The van der Waals surface area contributed by atoms with Crippen LogP contribution in [-0.2, 0) is 21.4 Å². The maximum Gasteiger partial charge on any atom is 0.240 e. The van der Waals surface area contributed by atoms with Gasteiger partial charge in [-0.3, -0.25) is 14.5 Å². The first-order valence-electron chi connectivity index (χ1n) is 8.04. The van der Waals surface area contributed by atoms with E-state index in [0.29, 0.717) is 21.7 Å². The third kappa shape index (κ3) is 4.70. The zero-order valence-corrected chi connectivity index (χ0v) is 16.1. The van der Waals surface area contributed by atoms with E-state index in [1.165, 1.54) is 12.1 Å². The highest BCUT2D eigenvalue weighted by molar-refractivity contribution is 7.89. The van der Waals surface area contributed by atoms with E-state index in [9.17, 15) is 13.2 Å². The van der Waals surface area contributed by atoms with E-state index in [1.807, 2.05) is 4.57 Å². The zero-order valence-electron chi connectivity index (χ0n) is 13.7. The van der Waals surface area contributed by atoms with Gasteiger partial charge in [-0.15, -0.1) is 0 Å². The molecule has 1 heterocycles. The van der Waals surface area contributed by atoms with E-state index in [4.69, 9.17) is 23.8 Å². The zero-order chi connectivity index (χ0) is 18.7. The second kappa shape index (κ2) is 7.87. The van der Waals surface area contributed by atoms with Crippen molar-refractivity contribution in [2.24, 2.45) is 0 Å². The molecule has 1 aliphatic rings. The van der Waals surface area contributed by atoms with E-state index < -0.39 is 10.0 Å². The minimum atomic E-state index is -3.70. The van der Waals surface area contributed by atoms with Gasteiger partial charge < -0.3 is 5.32 Å². The number of hydrogen-bond acceptors (Lipinski definition) is 5. The van der Waals surface area contributed by atoms with Gasteiger partial charge in [0, 0.05) is 24.0 Å². The molecule has 0 radical (unpaired) electrons. The first-order valence-corrected chi connectivity index (χ1v) is 10.3. The van der Waals surface area contributed by atoms with Gasteiger partial charge in [-0.1, -0.05) is 17.7 Å². The highest BCUT2D eigenvalue weighted by Crippen LogP contribution is 2.35. The molecule has 140 valence electrons. The molecule has 1 aromatic heterocycles. The van der Waals surface area contributed by atoms with Crippen LogP contribution < -0.4 is 10.0 Å². The molecule has 1 aliphatic carbocycles. The van der Waals surface area contributed by atoms with Crippen LogP contribution in [0.3, 0.4) is 0 Å². The van der Waals surface area contributed by atoms with Gasteiger partial charge in [-0.2, -0.15) is 5.10 Å². The molecule has 26 heavy (non-hydrogen) atoms. The van der Waals surface area contributed by atoms with Gasteiger partial charge in [0.1, 0.15) is 0 Å². The Labute approximate surface area is 161 Å². The summed E-state index contributed by atoms with van der Waals surface area (Å²) < 4.78 is 29.1. The average Bonchev–Trinajstić information content (AvgIpc) is 3.35. The van der Waals surface area contributed by atoms with Crippen molar-refractivity contribution in [1.82, 2.24) is 24.8 Å². The Hall–Kier alpha value is -1.75. The van der Waals surface area contributed by atoms with Crippen molar-refractivity contribution in [2.75, 3.05) is 6.54 Å². The molecule has 0 saturated heterocycles. The molecule has 1 amide bonds. The van der Waals surface area contributed by atoms with Crippen LogP contribution >= 0.6 is 23.8 Å². The lowest BCUT2D eigenvalue weighted by atomic mass is 10.4. The van der Waals surface area contributed by atoms with Crippen LogP contribution in [-0.4, -0.2) is 35.6 Å². The van der Waals surface area contributed by atoms with E-state index in [-0.39, 0.29) is 30.3 Å². The predicted molar refractivity (Wildman–Crippen MR) is 98.8 cm³/mol. The van der Waals surface area contributed by atoms with Crippen molar-refractivity contribution >= 4 is 39.7 Å². The van der Waals surface area contributed by atoms with Crippen LogP contribution in [0.25, 0.3) is 0 Å². The SMILES string of the molecule is O=C(CCNS(=O)(=O)c1cccc(Cl)c1)NCc1n[nH]c(=S)n1C1CC1. The van der Waals surface area contributed by atoms with Crippen LogP contribution in [0.2, 0.25) is 5.02 Å². The maximum atomic E-state index is 12.1. The molecule has 0 spiro atoms. The molecule has 3 N–H and O–H groups in total. The maximum absolute atomic E-state index is 12.1. The number of aromatic nitrogens is 3. The molecule has 0 aliphatic heterocycles. The Morgan fingerprint density at radius 2 is 2.19 bits per heavy atom. The number of aromatic amines is 1. The van der Waals surface area contributed by atoms with Gasteiger partial charge in [-0.25, -0.2) is 13.1 Å². The number of rotatable bonds is 8. The van der Waals surface area contributed by atoms with Crippen molar-refractivity contribution in [2.45, 2.75) is 36.7 Å². The summed E-state index contributed by atoms with van der Waals surface area (Å²) >= 11 is 11.0. The minimum absolute atomic E-state index is 0.00831. The summed E-state index contributed by atoms with van der Waals surface area (Å²) in [6.45, 7) is 0.222. The minimum Gasteiger partial charge on any atom is -0.349 e. The lowest BCUT2D eigenvalue weighted by Gasteiger charge is -2.08. The van der Waals surface area contributed by atoms with Crippen molar-refractivity contribution in [3.05, 3.63) is 39.9 Å². The summed E-state index contributed by atoms with van der Waals surface area (Å²) in [7, 11) is -3.70. The van der Waals surface area contributed by atoms with Gasteiger partial charge in [0.2, 0.25) is 15.9 Å². The fourth-order valence-corrected chi connectivity index (χ4v) is 4.09. The second-order valence-electron chi connectivity index (χ2n) is 5.93. The van der Waals surface area contributed by atoms with Crippen LogP contribution in [0.4, 0.5) is 0 Å². The lowest BCUT2D eigenvalue weighted by Crippen LogP contribution is -2.31. The average molecular weight is 416 g/mol. The topological polar surface area (TPSA) is 109 Å². The van der Waals surface area contributed by atoms with Crippen LogP contribution in [0.5, 0.6) is 0 Å². The quantitative estimate of drug-likeness (QED) is 0.570. The summed E-state index contributed by atoms with van der Waals surface area (Å²) in [5, 5.41) is 9.91. The monoisotopic (exact) mass is 415 g/mol. The number of H-pyrrole nitrogens is 1. The Balaban J connectivity index is 1.48. The molecule has 0 unspecified atom stereocenters. The molecule has 2 aromatic rings. The van der Waals surface area contributed by atoms with Crippen LogP contribution in [0.1, 0.15) is 31.1 Å². The van der Waals surface area contributed by atoms with Gasteiger partial charge in [-0.05, 0) is 43.3 Å². The molecule has 3 rings (SSSR count). The van der Waals surface area contributed by atoms with Crippen molar-refractivity contribution in [1.29, 1.82) is 0 Å². The third-order valence-corrected chi connectivity index (χ3v) is 5.87. The summed E-state index contributed by atoms with van der Waals surface area (Å²) in [4.78, 5) is 12.0. The fraction of sp³-hybridized carbons (Fsp3) is 0.400. The molecular weight excluding hydrogens is 398 g/mol. The molecule has 0 atom stereocenters. The predicted octanol–water partition coefficient (Wildman–Crippen LogP) is 1.91. The molecule has 1 saturated carbocycles. The number of carbonyl (C=O) groups is 1. The van der Waals surface area contributed by atoms with E-state index in [1.54, 1.807) is 12.1 Å². The Bertz CT molecular complexity index is 966. The number of nitrogens with one attached hydrogen (secondary N) is 3. The van der Waals surface area contributed by atoms with Crippen molar-refractivity contribution < 1.29 is 13.2 Å². The van der Waals surface area contributed by atoms with Crippen LogP contribution in [0, 0.1) is 4.77 Å². The molecular formula is C15H18ClN5O3S2. The van der Waals surface area contributed by atoms with E-state index in [2.05, 4.69) is 20.2 Å². The standard InChI is InChI=1S/C15H18ClN5O3S2/c16-10-2-1-3-12(8-10)26(23,24)18-7-6-14(22)17-9-13-19-20-15(25)21(13)11-4-5-11/h1-3,8,11,18H,4-7,9H2,(H,17,22)(H,20,25). The van der Waals surface area contributed by atoms with Gasteiger partial charge >= 0.3 is 0 Å². The smallest absolute Gasteiger partial charge is 0.240 e. The summed E-state index contributed by atoms with van der Waals surface area (Å²) in [6, 6.07) is 6.29. The lowest BCUT2D eigenvalue weighted by molar-refractivity contribution is -0.121. The highest BCUT2D eigenvalue weighted by atomic mass is 35.5. The van der Waals surface area contributed by atoms with Gasteiger partial charge in [0.25, 0.3) is 0 Å². The summed E-state index contributed by atoms with van der Waals surface area (Å²) in [6.07, 6.45) is 2.12. The second-order valence-corrected chi connectivity index (χ2v) is 8.52. The van der Waals surface area contributed by atoms with E-state index in [0.717, 1.165) is 12.8 Å². The Morgan fingerprint density at radius 3 is 2.88 bits per heavy atom. The number of amides is 1. The van der Waals surface area contributed by atoms with Crippen molar-refractivity contribution in [3.8, 4) is 0 Å². The molecule has 1 fully saturated rings. The normalized spacial score (nSPS) is 14.3. The molecule has 8 nitrogen and oxygen atoms in total. The van der Waals surface area contributed by atoms with Gasteiger partial charge in [0.15, 0.2) is 10.6 Å². The number of halogens is 1. The molecule has 1 aromatic carbocycles. The Kier molecular flexibility index (Phi) is 5.76. The number of hydrogen-bond donors (Lipinski definition) is 3. The highest BCUT2D eigenvalue weighted by Gasteiger charge is 2.27. The summed E-state index contributed by atoms with van der Waals surface area (Å²) in [5.74, 6) is 0.389. The molecule has 0 bridgehead atoms. The Morgan fingerprint density at radius 1 is 1.42 bits per heavy atom. The number of nitrogens with zero attached hydrogens (tertiary/aromatic N) is 2. The number of sulfonamides is 1. The first-order chi connectivity index (χ1) is 12.4. The number of carbonyl (C=O) groups excluding carboxylic acids is 1.